The summed E-state index contributed by atoms with van der Waals surface area (Å²) in [4.78, 5) is 20.1. The number of nitriles is 1. The van der Waals surface area contributed by atoms with Crippen molar-refractivity contribution in [2.24, 2.45) is 0 Å². The molecule has 6 nitrogen and oxygen atoms in total. The molecular formula is C52H40N6. The normalized spacial score (nSPS) is 14.4. The third-order valence-electron chi connectivity index (χ3n) is 11.9. The first-order chi connectivity index (χ1) is 28.3. The highest BCUT2D eigenvalue weighted by atomic mass is 15.2. The van der Waals surface area contributed by atoms with E-state index < -0.39 is 0 Å². The van der Waals surface area contributed by atoms with Crippen LogP contribution < -0.4 is 9.80 Å². The van der Waals surface area contributed by atoms with E-state index >= 15 is 0 Å². The monoisotopic (exact) mass is 748 g/mol. The third-order valence-corrected chi connectivity index (χ3v) is 11.9. The first kappa shape index (κ1) is 35.1. The molecule has 1 aromatic heterocycles. The summed E-state index contributed by atoms with van der Waals surface area (Å²) in [5.74, 6) is 1.59. The van der Waals surface area contributed by atoms with E-state index in [0.717, 1.165) is 50.8 Å². The van der Waals surface area contributed by atoms with Gasteiger partial charge in [-0.25, -0.2) is 15.0 Å². The van der Waals surface area contributed by atoms with Crippen molar-refractivity contribution in [3.05, 3.63) is 198 Å². The maximum absolute atomic E-state index is 11.2. The molecule has 0 amide bonds. The van der Waals surface area contributed by atoms with Crippen molar-refractivity contribution in [1.82, 2.24) is 15.0 Å². The van der Waals surface area contributed by atoms with Crippen molar-refractivity contribution in [3.63, 3.8) is 0 Å². The van der Waals surface area contributed by atoms with Crippen LogP contribution in [0.5, 0.6) is 0 Å². The summed E-state index contributed by atoms with van der Waals surface area (Å²) in [5, 5.41) is 11.2. The molecule has 8 aromatic rings. The molecule has 2 aliphatic heterocycles. The predicted octanol–water partition coefficient (Wildman–Crippen LogP) is 13.0. The molecule has 6 heteroatoms. The molecule has 10 rings (SSSR count). The van der Waals surface area contributed by atoms with Crippen molar-refractivity contribution in [3.8, 4) is 40.2 Å². The van der Waals surface area contributed by atoms with E-state index in [2.05, 4.69) is 147 Å². The standard InChI is InChI=1S/C52H40N6/c1-51(2)38-23-11-15-27-42(38)57(43-28-16-12-24-39(43)51)46-32-47(58-44-29-17-13-25-40(44)52(3,4)41-26-14-18-30-45(41)58)37(31-36(46)33-53)50-55-48(34-19-7-5-8-20-34)54-49(56-50)35-21-9-6-10-22-35/h5-32H,1-4H3. The molecule has 58 heavy (non-hydrogen) atoms. The van der Waals surface area contributed by atoms with Gasteiger partial charge < -0.3 is 9.80 Å². The van der Waals surface area contributed by atoms with Crippen LogP contribution in [0, 0.1) is 11.3 Å². The van der Waals surface area contributed by atoms with Crippen LogP contribution in [0.4, 0.5) is 34.1 Å². The number of aromatic nitrogens is 3. The van der Waals surface area contributed by atoms with Crippen LogP contribution in [-0.4, -0.2) is 15.0 Å². The van der Waals surface area contributed by atoms with E-state index in [1.807, 2.05) is 66.7 Å². The molecule has 0 saturated heterocycles. The van der Waals surface area contributed by atoms with Gasteiger partial charge in [-0.1, -0.05) is 161 Å². The van der Waals surface area contributed by atoms with E-state index in [1.54, 1.807) is 0 Å². The largest absolute Gasteiger partial charge is 0.309 e. The number of hydrogen-bond acceptors (Lipinski definition) is 6. The molecule has 278 valence electrons. The van der Waals surface area contributed by atoms with Gasteiger partial charge in [0, 0.05) is 27.5 Å². The topological polar surface area (TPSA) is 68.9 Å². The maximum atomic E-state index is 11.2. The molecular weight excluding hydrogens is 709 g/mol. The lowest BCUT2D eigenvalue weighted by Crippen LogP contribution is -2.32. The Labute approximate surface area is 339 Å². The molecule has 0 saturated carbocycles. The van der Waals surface area contributed by atoms with E-state index in [9.17, 15) is 5.26 Å². The van der Waals surface area contributed by atoms with Crippen LogP contribution in [0.15, 0.2) is 170 Å². The summed E-state index contributed by atoms with van der Waals surface area (Å²) in [7, 11) is 0. The van der Waals surface area contributed by atoms with Crippen molar-refractivity contribution in [2.75, 3.05) is 9.80 Å². The first-order valence-electron chi connectivity index (χ1n) is 19.7. The molecule has 0 unspecified atom stereocenters. The number of benzene rings is 7. The van der Waals surface area contributed by atoms with Crippen molar-refractivity contribution in [1.29, 1.82) is 5.26 Å². The summed E-state index contributed by atoms with van der Waals surface area (Å²) in [6, 6.07) is 61.2. The van der Waals surface area contributed by atoms with Gasteiger partial charge in [-0.05, 0) is 58.7 Å². The highest BCUT2D eigenvalue weighted by Crippen LogP contribution is 2.57. The van der Waals surface area contributed by atoms with Gasteiger partial charge in [-0.3, -0.25) is 0 Å². The molecule has 0 fully saturated rings. The second-order valence-electron chi connectivity index (χ2n) is 16.0. The molecule has 3 heterocycles. The Morgan fingerprint density at radius 1 is 0.397 bits per heavy atom. The highest BCUT2D eigenvalue weighted by Gasteiger charge is 2.40. The molecule has 2 aliphatic rings. The van der Waals surface area contributed by atoms with Gasteiger partial charge in [-0.15, -0.1) is 0 Å². The maximum Gasteiger partial charge on any atom is 0.166 e. The number of hydrogen-bond donors (Lipinski definition) is 0. The van der Waals surface area contributed by atoms with Gasteiger partial charge >= 0.3 is 0 Å². The fraction of sp³-hybridized carbons (Fsp3) is 0.115. The van der Waals surface area contributed by atoms with Crippen LogP contribution in [-0.2, 0) is 10.8 Å². The zero-order valence-corrected chi connectivity index (χ0v) is 32.8. The predicted molar refractivity (Wildman–Crippen MR) is 234 cm³/mol. The van der Waals surface area contributed by atoms with Crippen LogP contribution in [0.2, 0.25) is 0 Å². The molecule has 0 aliphatic carbocycles. The minimum absolute atomic E-state index is 0.262. The first-order valence-corrected chi connectivity index (χ1v) is 19.7. The summed E-state index contributed by atoms with van der Waals surface area (Å²) in [6.45, 7) is 9.14. The fourth-order valence-electron chi connectivity index (χ4n) is 9.00. The Morgan fingerprint density at radius 3 is 1.14 bits per heavy atom. The van der Waals surface area contributed by atoms with E-state index in [-0.39, 0.29) is 10.8 Å². The summed E-state index contributed by atoms with van der Waals surface area (Å²) in [5.41, 5.74) is 13.1. The Kier molecular flexibility index (Phi) is 8.10. The molecule has 0 atom stereocenters. The molecule has 0 spiro atoms. The van der Waals surface area contributed by atoms with Gasteiger partial charge in [0.15, 0.2) is 17.5 Å². The van der Waals surface area contributed by atoms with E-state index in [4.69, 9.17) is 15.0 Å². The summed E-state index contributed by atoms with van der Waals surface area (Å²) in [6.07, 6.45) is 0. The number of fused-ring (bicyclic) bond motifs is 4. The quantitative estimate of drug-likeness (QED) is 0.175. The average Bonchev–Trinajstić information content (AvgIpc) is 3.27. The van der Waals surface area contributed by atoms with Gasteiger partial charge in [0.2, 0.25) is 0 Å². The Hall–Kier alpha value is -7.36. The third kappa shape index (κ3) is 5.43. The van der Waals surface area contributed by atoms with Crippen molar-refractivity contribution in [2.45, 2.75) is 38.5 Å². The van der Waals surface area contributed by atoms with Crippen LogP contribution in [0.1, 0.15) is 55.5 Å². The Bertz CT molecular complexity index is 2770. The molecule has 0 radical (unpaired) electrons. The van der Waals surface area contributed by atoms with Gasteiger partial charge in [-0.2, -0.15) is 5.26 Å². The Morgan fingerprint density at radius 2 is 0.741 bits per heavy atom. The lowest BCUT2D eigenvalue weighted by molar-refractivity contribution is 0.631. The smallest absolute Gasteiger partial charge is 0.166 e. The summed E-state index contributed by atoms with van der Waals surface area (Å²) >= 11 is 0. The second kappa shape index (κ2) is 13.4. The number of nitrogens with zero attached hydrogens (tertiary/aromatic N) is 6. The van der Waals surface area contributed by atoms with Gasteiger partial charge in [0.05, 0.1) is 39.7 Å². The van der Waals surface area contributed by atoms with E-state index in [0.29, 0.717) is 23.0 Å². The Balaban J connectivity index is 1.32. The van der Waals surface area contributed by atoms with Crippen LogP contribution in [0.3, 0.4) is 0 Å². The van der Waals surface area contributed by atoms with Crippen molar-refractivity contribution < 1.29 is 0 Å². The SMILES string of the molecule is CC1(C)c2ccccc2N(c2cc(N3c4ccccc4C(C)(C)c4ccccc43)c(-c3nc(-c4ccccc4)nc(-c4ccccc4)n3)cc2C#N)c2ccccc21. The van der Waals surface area contributed by atoms with Gasteiger partial charge in [0.25, 0.3) is 0 Å². The van der Waals surface area contributed by atoms with E-state index in [1.165, 1.54) is 22.3 Å². The lowest BCUT2D eigenvalue weighted by atomic mass is 9.73. The molecule has 0 bridgehead atoms. The number of para-hydroxylation sites is 4. The van der Waals surface area contributed by atoms with Crippen LogP contribution >= 0.6 is 0 Å². The number of anilines is 6. The minimum atomic E-state index is -0.274. The van der Waals surface area contributed by atoms with Gasteiger partial charge in [0.1, 0.15) is 6.07 Å². The van der Waals surface area contributed by atoms with Crippen molar-refractivity contribution >= 4 is 34.1 Å². The zero-order valence-electron chi connectivity index (χ0n) is 32.8. The lowest BCUT2D eigenvalue weighted by Gasteiger charge is -2.44. The summed E-state index contributed by atoms with van der Waals surface area (Å²) < 4.78 is 0. The zero-order chi connectivity index (χ0) is 39.6. The molecule has 0 N–H and O–H groups in total. The number of rotatable bonds is 5. The second-order valence-corrected chi connectivity index (χ2v) is 16.0. The molecule has 7 aromatic carbocycles. The highest BCUT2D eigenvalue weighted by molar-refractivity contribution is 5.97. The van der Waals surface area contributed by atoms with Crippen LogP contribution in [0.25, 0.3) is 34.2 Å². The average molecular weight is 749 g/mol. The minimum Gasteiger partial charge on any atom is -0.309 e. The fourth-order valence-corrected chi connectivity index (χ4v) is 9.00.